The minimum absolute atomic E-state index is 0.0120. The minimum Gasteiger partial charge on any atom is -0.466 e. The zero-order chi connectivity index (χ0) is 20.0. The lowest BCUT2D eigenvalue weighted by Gasteiger charge is -2.16. The fraction of sp³-hybridized carbons (Fsp3) is 0.316. The molecule has 0 amide bonds. The van der Waals surface area contributed by atoms with Crippen molar-refractivity contribution < 1.29 is 23.9 Å². The molecule has 0 saturated heterocycles. The smallest absolute Gasteiger partial charge is 0.340 e. The van der Waals surface area contributed by atoms with Crippen LogP contribution >= 0.6 is 0 Å². The van der Waals surface area contributed by atoms with E-state index < -0.39 is 29.7 Å². The van der Waals surface area contributed by atoms with Crippen LogP contribution in [0.5, 0.6) is 0 Å². The maximum absolute atomic E-state index is 12.7. The molecule has 0 saturated carbocycles. The van der Waals surface area contributed by atoms with Gasteiger partial charge in [-0.25, -0.2) is 4.79 Å². The monoisotopic (exact) mass is 372 g/mol. The molecule has 0 aliphatic rings. The van der Waals surface area contributed by atoms with Gasteiger partial charge in [0.05, 0.1) is 36.5 Å². The molecule has 0 bridgehead atoms. The van der Waals surface area contributed by atoms with Gasteiger partial charge in [0.1, 0.15) is 0 Å². The Morgan fingerprint density at radius 1 is 1.11 bits per heavy atom. The molecular formula is C19H20N2O6. The molecule has 0 spiro atoms. The van der Waals surface area contributed by atoms with Gasteiger partial charge >= 0.3 is 11.9 Å². The number of carbonyl (C=O) groups is 3. The lowest BCUT2D eigenvalue weighted by Crippen LogP contribution is -2.27. The van der Waals surface area contributed by atoms with Crippen molar-refractivity contribution in [2.24, 2.45) is 0 Å². The van der Waals surface area contributed by atoms with Gasteiger partial charge in [-0.3, -0.25) is 19.4 Å². The van der Waals surface area contributed by atoms with Gasteiger partial charge in [-0.2, -0.15) is 0 Å². The van der Waals surface area contributed by atoms with Gasteiger partial charge in [0.2, 0.25) is 0 Å². The van der Waals surface area contributed by atoms with Gasteiger partial charge in [0.15, 0.2) is 5.78 Å². The third-order valence-corrected chi connectivity index (χ3v) is 3.73. The summed E-state index contributed by atoms with van der Waals surface area (Å²) < 4.78 is 10.0. The molecule has 2 heterocycles. The van der Waals surface area contributed by atoms with Crippen molar-refractivity contribution >= 4 is 17.7 Å². The summed E-state index contributed by atoms with van der Waals surface area (Å²) in [7, 11) is 0. The van der Waals surface area contributed by atoms with Crippen LogP contribution < -0.4 is 5.56 Å². The predicted molar refractivity (Wildman–Crippen MR) is 96.6 cm³/mol. The number of hydrogen-bond donors (Lipinski definition) is 1. The zero-order valence-corrected chi connectivity index (χ0v) is 15.3. The van der Waals surface area contributed by atoms with Crippen molar-refractivity contribution in [1.29, 1.82) is 0 Å². The molecule has 0 fully saturated rings. The Kier molecular flexibility index (Phi) is 6.59. The van der Waals surface area contributed by atoms with Gasteiger partial charge in [-0.1, -0.05) is 0 Å². The molecule has 142 valence electrons. The average molecular weight is 372 g/mol. The van der Waals surface area contributed by atoms with Crippen molar-refractivity contribution in [3.63, 3.8) is 0 Å². The summed E-state index contributed by atoms with van der Waals surface area (Å²) in [5, 5.41) is 0. The standard InChI is InChI=1S/C19H20N2O6/c1-4-26-14(23)9-13-15(11(3)22)18(24)21-17(12-7-6-8-20-10-12)16(13)19(25)27-5-2/h6-8,10H,4-5,9H2,1-3H3,(H,21,24). The van der Waals surface area contributed by atoms with Crippen LogP contribution in [0.1, 0.15) is 47.1 Å². The number of ketones is 1. The van der Waals surface area contributed by atoms with Crippen LogP contribution in [0.25, 0.3) is 11.3 Å². The van der Waals surface area contributed by atoms with Crippen molar-refractivity contribution in [1.82, 2.24) is 9.97 Å². The van der Waals surface area contributed by atoms with Gasteiger partial charge in [-0.15, -0.1) is 0 Å². The SMILES string of the molecule is CCOC(=O)Cc1c(C(=O)OCC)c(-c2cccnc2)[nH]c(=O)c1C(C)=O. The van der Waals surface area contributed by atoms with Crippen LogP contribution in [0.4, 0.5) is 0 Å². The summed E-state index contributed by atoms with van der Waals surface area (Å²) in [6.45, 7) is 4.66. The second-order valence-corrected chi connectivity index (χ2v) is 5.56. The molecule has 0 aliphatic heterocycles. The van der Waals surface area contributed by atoms with Crippen LogP contribution in [-0.4, -0.2) is 40.9 Å². The van der Waals surface area contributed by atoms with E-state index in [0.717, 1.165) is 0 Å². The summed E-state index contributed by atoms with van der Waals surface area (Å²) in [4.78, 5) is 55.9. The Labute approximate surface area is 155 Å². The molecule has 0 aromatic carbocycles. The highest BCUT2D eigenvalue weighted by Crippen LogP contribution is 2.26. The molecule has 27 heavy (non-hydrogen) atoms. The fourth-order valence-electron chi connectivity index (χ4n) is 2.71. The van der Waals surface area contributed by atoms with E-state index in [0.29, 0.717) is 5.56 Å². The number of esters is 2. The van der Waals surface area contributed by atoms with Crippen molar-refractivity contribution in [3.8, 4) is 11.3 Å². The first-order chi connectivity index (χ1) is 12.9. The molecule has 2 rings (SSSR count). The molecule has 0 aliphatic carbocycles. The van der Waals surface area contributed by atoms with Crippen molar-refractivity contribution in [2.45, 2.75) is 27.2 Å². The van der Waals surface area contributed by atoms with E-state index in [4.69, 9.17) is 9.47 Å². The van der Waals surface area contributed by atoms with Gasteiger partial charge in [0.25, 0.3) is 5.56 Å². The number of aromatic amines is 1. The van der Waals surface area contributed by atoms with Crippen LogP contribution in [0, 0.1) is 0 Å². The lowest BCUT2D eigenvalue weighted by atomic mass is 9.94. The van der Waals surface area contributed by atoms with Crippen LogP contribution in [0.15, 0.2) is 29.3 Å². The number of aromatic nitrogens is 2. The Bertz CT molecular complexity index is 918. The van der Waals surface area contributed by atoms with Gasteiger partial charge < -0.3 is 14.5 Å². The van der Waals surface area contributed by atoms with Gasteiger partial charge in [-0.05, 0) is 38.5 Å². The van der Waals surface area contributed by atoms with E-state index in [-0.39, 0.29) is 35.6 Å². The molecule has 0 unspecified atom stereocenters. The number of nitrogens with zero attached hydrogens (tertiary/aromatic N) is 1. The number of H-pyrrole nitrogens is 1. The first-order valence-corrected chi connectivity index (χ1v) is 8.43. The quantitative estimate of drug-likeness (QED) is 0.583. The topological polar surface area (TPSA) is 115 Å². The number of rotatable bonds is 7. The third kappa shape index (κ3) is 4.46. The first-order valence-electron chi connectivity index (χ1n) is 8.43. The largest absolute Gasteiger partial charge is 0.466 e. The summed E-state index contributed by atoms with van der Waals surface area (Å²) >= 11 is 0. The maximum atomic E-state index is 12.7. The highest BCUT2D eigenvalue weighted by atomic mass is 16.5. The molecule has 2 aromatic heterocycles. The molecule has 0 radical (unpaired) electrons. The second kappa shape index (κ2) is 8.88. The Hall–Kier alpha value is -3.29. The number of pyridine rings is 2. The highest BCUT2D eigenvalue weighted by molar-refractivity contribution is 6.04. The van der Waals surface area contributed by atoms with Crippen LogP contribution in [-0.2, 0) is 20.7 Å². The Balaban J connectivity index is 2.84. The van der Waals surface area contributed by atoms with Crippen molar-refractivity contribution in [2.75, 3.05) is 13.2 Å². The summed E-state index contributed by atoms with van der Waals surface area (Å²) in [5.74, 6) is -1.98. The second-order valence-electron chi connectivity index (χ2n) is 5.56. The molecule has 0 atom stereocenters. The summed E-state index contributed by atoms with van der Waals surface area (Å²) in [6.07, 6.45) is 2.58. The van der Waals surface area contributed by atoms with Gasteiger partial charge in [0, 0.05) is 18.0 Å². The van der Waals surface area contributed by atoms with E-state index in [1.54, 1.807) is 26.0 Å². The first kappa shape index (κ1) is 20.0. The maximum Gasteiger partial charge on any atom is 0.340 e. The van der Waals surface area contributed by atoms with E-state index in [1.807, 2.05) is 0 Å². The van der Waals surface area contributed by atoms with E-state index in [2.05, 4.69) is 9.97 Å². The highest BCUT2D eigenvalue weighted by Gasteiger charge is 2.28. The number of Topliss-reactive ketones (excluding diaryl/α,β-unsaturated/α-hetero) is 1. The Morgan fingerprint density at radius 3 is 2.37 bits per heavy atom. The number of nitrogens with one attached hydrogen (secondary N) is 1. The van der Waals surface area contributed by atoms with E-state index >= 15 is 0 Å². The van der Waals surface area contributed by atoms with E-state index in [1.165, 1.54) is 19.3 Å². The summed E-state index contributed by atoms with van der Waals surface area (Å²) in [6, 6.07) is 3.27. The third-order valence-electron chi connectivity index (χ3n) is 3.73. The molecule has 8 heteroatoms. The minimum atomic E-state index is -0.755. The van der Waals surface area contributed by atoms with Crippen molar-refractivity contribution in [3.05, 3.63) is 51.6 Å². The zero-order valence-electron chi connectivity index (χ0n) is 15.3. The van der Waals surface area contributed by atoms with Crippen LogP contribution in [0.3, 0.4) is 0 Å². The number of hydrogen-bond acceptors (Lipinski definition) is 7. The number of carbonyl (C=O) groups excluding carboxylic acids is 3. The fourth-order valence-corrected chi connectivity index (χ4v) is 2.71. The molecule has 1 N–H and O–H groups in total. The van der Waals surface area contributed by atoms with Crippen LogP contribution in [0.2, 0.25) is 0 Å². The molecule has 2 aromatic rings. The molecular weight excluding hydrogens is 352 g/mol. The lowest BCUT2D eigenvalue weighted by molar-refractivity contribution is -0.142. The summed E-state index contributed by atoms with van der Waals surface area (Å²) in [5.41, 5.74) is -0.453. The average Bonchev–Trinajstić information content (AvgIpc) is 2.62. The normalized spacial score (nSPS) is 10.3. The van der Waals surface area contributed by atoms with E-state index in [9.17, 15) is 19.2 Å². The number of ether oxygens (including phenoxy) is 2. The molecule has 8 nitrogen and oxygen atoms in total. The Morgan fingerprint density at radius 2 is 1.81 bits per heavy atom. The predicted octanol–water partition coefficient (Wildman–Crippen LogP) is 1.92.